The molecule has 2 aromatic carbocycles. The number of hydrogen-bond donors (Lipinski definition) is 0. The zero-order valence-electron chi connectivity index (χ0n) is 11.3. The molecule has 1 aliphatic carbocycles. The van der Waals surface area contributed by atoms with Gasteiger partial charge < -0.3 is 5.85 Å². The Kier molecular flexibility index (Phi) is 4.49. The third kappa shape index (κ3) is 2.78. The van der Waals surface area contributed by atoms with Crippen LogP contribution in [-0.4, -0.2) is 9.76 Å². The number of fused-ring (bicyclic) bond motifs is 1. The van der Waals surface area contributed by atoms with Crippen molar-refractivity contribution in [2.75, 3.05) is 0 Å². The molecule has 0 bridgehead atoms. The van der Waals surface area contributed by atoms with E-state index in [1.165, 1.54) is 11.1 Å². The molecule has 84 valence electrons. The number of hydrogen-bond acceptors (Lipinski definition) is 1. The van der Waals surface area contributed by atoms with Crippen molar-refractivity contribution in [3.8, 4) is 5.75 Å². The first kappa shape index (κ1) is 13.2. The number of para-hydroxylation sites is 1. The van der Waals surface area contributed by atoms with Crippen LogP contribution in [0.4, 0.5) is 0 Å². The second-order valence-corrected chi connectivity index (χ2v) is 5.06. The maximum absolute atomic E-state index is 5.82. The molecule has 2 radical (unpaired) electrons. The maximum Gasteiger partial charge on any atom is 1.00 e. The van der Waals surface area contributed by atoms with Gasteiger partial charge in [0, 0.05) is 5.54 Å². The van der Waals surface area contributed by atoms with E-state index in [9.17, 15) is 0 Å². The third-order valence-corrected chi connectivity index (χ3v) is 3.96. The Labute approximate surface area is 123 Å². The second kappa shape index (κ2) is 6.11. The van der Waals surface area contributed by atoms with Gasteiger partial charge in [-0.25, -0.2) is 0 Å². The molecule has 3 rings (SSSR count). The molecule has 0 heterocycles. The Morgan fingerprint density at radius 2 is 1.67 bits per heavy atom. The van der Waals surface area contributed by atoms with Crippen molar-refractivity contribution in [3.05, 3.63) is 71.8 Å². The Morgan fingerprint density at radius 1 is 0.944 bits per heavy atom. The summed E-state index contributed by atoms with van der Waals surface area (Å²) in [5, 5.41) is 0. The molecular formula is C15H13LiOSi. The summed E-state index contributed by atoms with van der Waals surface area (Å²) in [7, 11) is 0.444. The van der Waals surface area contributed by atoms with Crippen LogP contribution < -0.4 is 23.3 Å². The van der Waals surface area contributed by atoms with Gasteiger partial charge in [-0.2, -0.15) is 0 Å². The van der Waals surface area contributed by atoms with Gasteiger partial charge >= 0.3 is 28.6 Å². The molecule has 0 fully saturated rings. The summed E-state index contributed by atoms with van der Waals surface area (Å²) in [4.78, 5) is 0. The van der Waals surface area contributed by atoms with Crippen molar-refractivity contribution >= 4 is 15.8 Å². The number of allylic oxidation sites excluding steroid dienone is 1. The first-order chi connectivity index (χ1) is 8.43. The van der Waals surface area contributed by atoms with Crippen LogP contribution in [0.25, 0.3) is 6.08 Å². The van der Waals surface area contributed by atoms with E-state index in [1.54, 1.807) is 0 Å². The largest absolute Gasteiger partial charge is 1.00 e. The molecule has 0 saturated carbocycles. The molecule has 1 aliphatic rings. The summed E-state index contributed by atoms with van der Waals surface area (Å²) in [6, 6.07) is 18.5. The molecule has 1 atom stereocenters. The SMILES string of the molecule is C1=CC([Si]Oc2ccccc2)c2ccccc21.[H-].[Li+]. The monoisotopic (exact) mass is 244 g/mol. The van der Waals surface area contributed by atoms with E-state index < -0.39 is 0 Å². The van der Waals surface area contributed by atoms with E-state index in [1.807, 2.05) is 30.3 Å². The normalized spacial score (nSPS) is 15.9. The zero-order valence-corrected chi connectivity index (χ0v) is 11.3. The molecule has 0 amide bonds. The summed E-state index contributed by atoms with van der Waals surface area (Å²) in [6.45, 7) is 0. The zero-order chi connectivity index (χ0) is 11.5. The Hall–Kier alpha value is -1.21. The van der Waals surface area contributed by atoms with Crippen LogP contribution in [0.1, 0.15) is 18.1 Å². The topological polar surface area (TPSA) is 9.23 Å². The van der Waals surface area contributed by atoms with Crippen LogP contribution >= 0.6 is 0 Å². The van der Waals surface area contributed by atoms with Crippen LogP contribution in [0.2, 0.25) is 0 Å². The quantitative estimate of drug-likeness (QED) is 0.717. The third-order valence-electron chi connectivity index (χ3n) is 2.85. The van der Waals surface area contributed by atoms with E-state index in [2.05, 4.69) is 36.4 Å². The van der Waals surface area contributed by atoms with Crippen molar-refractivity contribution in [2.45, 2.75) is 5.54 Å². The summed E-state index contributed by atoms with van der Waals surface area (Å²) in [5.41, 5.74) is 3.11. The van der Waals surface area contributed by atoms with Crippen molar-refractivity contribution in [3.63, 3.8) is 0 Å². The smallest absolute Gasteiger partial charge is 1.00 e. The van der Waals surface area contributed by atoms with E-state index in [0.29, 0.717) is 15.3 Å². The fraction of sp³-hybridized carbons (Fsp3) is 0.0667. The fourth-order valence-electron chi connectivity index (χ4n) is 1.97. The second-order valence-electron chi connectivity index (χ2n) is 4.00. The molecular weight excluding hydrogens is 231 g/mol. The first-order valence-electron chi connectivity index (χ1n) is 5.68. The van der Waals surface area contributed by atoms with E-state index in [-0.39, 0.29) is 20.3 Å². The molecule has 0 N–H and O–H groups in total. The average Bonchev–Trinajstić information content (AvgIpc) is 2.81. The average molecular weight is 244 g/mol. The first-order valence-corrected chi connectivity index (χ1v) is 6.66. The summed E-state index contributed by atoms with van der Waals surface area (Å²) in [6.07, 6.45) is 4.41. The van der Waals surface area contributed by atoms with E-state index >= 15 is 0 Å². The molecule has 1 unspecified atom stereocenters. The van der Waals surface area contributed by atoms with Gasteiger partial charge in [0.05, 0.1) is 0 Å². The van der Waals surface area contributed by atoms with Crippen LogP contribution in [-0.2, 0) is 0 Å². The molecule has 0 aliphatic heterocycles. The standard InChI is InChI=1S/C15H12OSi.Li.H/c1-2-7-13(8-3-1)16-17-15-11-10-12-6-4-5-9-14(12)15;;/h1-11,15H;;/q;+1;-1. The summed E-state index contributed by atoms with van der Waals surface area (Å²) < 4.78 is 5.82. The minimum absolute atomic E-state index is 0. The van der Waals surface area contributed by atoms with E-state index in [0.717, 1.165) is 5.75 Å². The van der Waals surface area contributed by atoms with Gasteiger partial charge in [0.15, 0.2) is 0 Å². The Balaban J connectivity index is 0.000000902. The van der Waals surface area contributed by atoms with Gasteiger partial charge in [0.25, 0.3) is 0 Å². The minimum Gasteiger partial charge on any atom is -1.00 e. The Morgan fingerprint density at radius 3 is 2.50 bits per heavy atom. The van der Waals surface area contributed by atoms with Crippen molar-refractivity contribution in [1.29, 1.82) is 0 Å². The van der Waals surface area contributed by atoms with Crippen LogP contribution in [0.5, 0.6) is 5.75 Å². The van der Waals surface area contributed by atoms with Crippen molar-refractivity contribution in [2.24, 2.45) is 0 Å². The molecule has 0 saturated heterocycles. The number of benzene rings is 2. The minimum atomic E-state index is 0. The van der Waals surface area contributed by atoms with Gasteiger partial charge in [-0.1, -0.05) is 54.6 Å². The van der Waals surface area contributed by atoms with Gasteiger partial charge in [-0.3, -0.25) is 0 Å². The summed E-state index contributed by atoms with van der Waals surface area (Å²) in [5.74, 6) is 0.948. The van der Waals surface area contributed by atoms with Gasteiger partial charge in [-0.15, -0.1) is 0 Å². The van der Waals surface area contributed by atoms with Crippen molar-refractivity contribution < 1.29 is 24.7 Å². The van der Waals surface area contributed by atoms with E-state index in [4.69, 9.17) is 4.43 Å². The van der Waals surface area contributed by atoms with Gasteiger partial charge in [0.1, 0.15) is 5.75 Å². The maximum atomic E-state index is 5.82. The van der Waals surface area contributed by atoms with Gasteiger partial charge in [-0.05, 0) is 23.3 Å². The molecule has 3 heteroatoms. The predicted molar refractivity (Wildman–Crippen MR) is 72.2 cm³/mol. The van der Waals surface area contributed by atoms with Crippen LogP contribution in [0.3, 0.4) is 0 Å². The molecule has 18 heavy (non-hydrogen) atoms. The molecule has 0 aromatic heterocycles. The predicted octanol–water partition coefficient (Wildman–Crippen LogP) is 0.569. The fourth-order valence-corrected chi connectivity index (χ4v) is 2.94. The summed E-state index contributed by atoms with van der Waals surface area (Å²) >= 11 is 0. The van der Waals surface area contributed by atoms with Crippen LogP contribution in [0.15, 0.2) is 60.7 Å². The molecule has 0 spiro atoms. The van der Waals surface area contributed by atoms with Gasteiger partial charge in [0.2, 0.25) is 0 Å². The number of rotatable bonds is 3. The van der Waals surface area contributed by atoms with Crippen LogP contribution in [0, 0.1) is 0 Å². The Bertz CT molecular complexity index is 545. The van der Waals surface area contributed by atoms with Crippen molar-refractivity contribution in [1.82, 2.24) is 0 Å². The molecule has 2 aromatic rings. The molecule has 1 nitrogen and oxygen atoms in total.